The summed E-state index contributed by atoms with van der Waals surface area (Å²) in [6.45, 7) is 5.45. The van der Waals surface area contributed by atoms with E-state index in [0.717, 1.165) is 5.69 Å². The zero-order valence-corrected chi connectivity index (χ0v) is 11.8. The summed E-state index contributed by atoms with van der Waals surface area (Å²) in [5.41, 5.74) is 7.87. The van der Waals surface area contributed by atoms with E-state index in [2.05, 4.69) is 24.1 Å². The van der Waals surface area contributed by atoms with Crippen LogP contribution in [0.2, 0.25) is 0 Å². The molecule has 3 N–H and O–H groups in total. The van der Waals surface area contributed by atoms with Crippen LogP contribution in [0.15, 0.2) is 36.8 Å². The Labute approximate surface area is 118 Å². The smallest absolute Gasteiger partial charge is 0.275 e. The third-order valence-corrected chi connectivity index (χ3v) is 3.09. The first-order valence-electron chi connectivity index (χ1n) is 6.73. The number of anilines is 1. The second-order valence-electron chi connectivity index (χ2n) is 5.02. The molecule has 0 fully saturated rings. The number of nitrogens with zero attached hydrogens (tertiary/aromatic N) is 2. The van der Waals surface area contributed by atoms with Crippen molar-refractivity contribution in [3.05, 3.63) is 48.0 Å². The highest BCUT2D eigenvalue weighted by Crippen LogP contribution is 2.17. The Morgan fingerprint density at radius 1 is 1.35 bits per heavy atom. The highest BCUT2D eigenvalue weighted by Gasteiger charge is 2.09. The van der Waals surface area contributed by atoms with Crippen LogP contribution in [0.25, 0.3) is 0 Å². The zero-order chi connectivity index (χ0) is 14.5. The standard InChI is InChI=1S/C15H20N4O/c1-11(2)12-3-5-13(6-4-12)18-15(20)14-9-19(8-7-16)10-17-14/h3-6,9-11H,7-8,16H2,1-2H3,(H,18,20). The first-order chi connectivity index (χ1) is 9.60. The molecule has 0 bridgehead atoms. The molecule has 2 aromatic rings. The number of carbonyl (C=O) groups is 1. The van der Waals surface area contributed by atoms with Crippen LogP contribution < -0.4 is 11.1 Å². The summed E-state index contributed by atoms with van der Waals surface area (Å²) in [6.07, 6.45) is 3.31. The Kier molecular flexibility index (Phi) is 4.53. The van der Waals surface area contributed by atoms with Gasteiger partial charge in [-0.15, -0.1) is 0 Å². The van der Waals surface area contributed by atoms with Gasteiger partial charge in [0.2, 0.25) is 0 Å². The van der Waals surface area contributed by atoms with Crippen molar-refractivity contribution >= 4 is 11.6 Å². The third kappa shape index (κ3) is 3.45. The number of hydrogen-bond donors (Lipinski definition) is 2. The number of nitrogens with one attached hydrogen (secondary N) is 1. The number of benzene rings is 1. The van der Waals surface area contributed by atoms with Crippen LogP contribution in [0, 0.1) is 0 Å². The molecule has 106 valence electrons. The lowest BCUT2D eigenvalue weighted by Gasteiger charge is -2.07. The van der Waals surface area contributed by atoms with Gasteiger partial charge in [0.05, 0.1) is 6.33 Å². The minimum absolute atomic E-state index is 0.210. The van der Waals surface area contributed by atoms with Crippen molar-refractivity contribution < 1.29 is 4.79 Å². The quantitative estimate of drug-likeness (QED) is 0.876. The fourth-order valence-corrected chi connectivity index (χ4v) is 1.90. The van der Waals surface area contributed by atoms with Crippen molar-refractivity contribution in [3.63, 3.8) is 0 Å². The minimum Gasteiger partial charge on any atom is -0.335 e. The molecule has 0 saturated carbocycles. The van der Waals surface area contributed by atoms with Crippen LogP contribution >= 0.6 is 0 Å². The second-order valence-corrected chi connectivity index (χ2v) is 5.02. The van der Waals surface area contributed by atoms with Gasteiger partial charge < -0.3 is 15.6 Å². The summed E-state index contributed by atoms with van der Waals surface area (Å²) in [4.78, 5) is 16.1. The van der Waals surface area contributed by atoms with Crippen molar-refractivity contribution in [2.75, 3.05) is 11.9 Å². The summed E-state index contributed by atoms with van der Waals surface area (Å²) in [7, 11) is 0. The van der Waals surface area contributed by atoms with Crippen LogP contribution in [0.3, 0.4) is 0 Å². The first-order valence-corrected chi connectivity index (χ1v) is 6.73. The molecule has 1 heterocycles. The monoisotopic (exact) mass is 272 g/mol. The molecule has 0 saturated heterocycles. The van der Waals surface area contributed by atoms with Crippen molar-refractivity contribution in [2.45, 2.75) is 26.3 Å². The van der Waals surface area contributed by atoms with Crippen LogP contribution in [0.5, 0.6) is 0 Å². The van der Waals surface area contributed by atoms with Crippen molar-refractivity contribution in [2.24, 2.45) is 5.73 Å². The van der Waals surface area contributed by atoms with E-state index < -0.39 is 0 Å². The molecule has 2 rings (SSSR count). The van der Waals surface area contributed by atoms with E-state index in [4.69, 9.17) is 5.73 Å². The normalized spacial score (nSPS) is 10.8. The van der Waals surface area contributed by atoms with Gasteiger partial charge in [-0.2, -0.15) is 0 Å². The average Bonchev–Trinajstić information content (AvgIpc) is 2.88. The number of carbonyl (C=O) groups excluding carboxylic acids is 1. The third-order valence-electron chi connectivity index (χ3n) is 3.09. The van der Waals surface area contributed by atoms with Crippen molar-refractivity contribution in [3.8, 4) is 0 Å². The summed E-state index contributed by atoms with van der Waals surface area (Å²) < 4.78 is 1.80. The number of amides is 1. The Morgan fingerprint density at radius 3 is 2.65 bits per heavy atom. The maximum atomic E-state index is 12.0. The molecule has 0 aliphatic rings. The fourth-order valence-electron chi connectivity index (χ4n) is 1.90. The number of hydrogen-bond acceptors (Lipinski definition) is 3. The molecule has 0 aliphatic carbocycles. The number of rotatable bonds is 5. The molecular weight excluding hydrogens is 252 g/mol. The van der Waals surface area contributed by atoms with Gasteiger partial charge in [-0.1, -0.05) is 26.0 Å². The molecule has 0 unspecified atom stereocenters. The lowest BCUT2D eigenvalue weighted by molar-refractivity contribution is 0.102. The molecule has 1 aromatic carbocycles. The number of nitrogens with two attached hydrogens (primary N) is 1. The van der Waals surface area contributed by atoms with Crippen LogP contribution in [0.4, 0.5) is 5.69 Å². The molecule has 0 atom stereocenters. The van der Waals surface area contributed by atoms with Crippen molar-refractivity contribution in [1.82, 2.24) is 9.55 Å². The Hall–Kier alpha value is -2.14. The second kappa shape index (κ2) is 6.34. The number of aromatic nitrogens is 2. The SMILES string of the molecule is CC(C)c1ccc(NC(=O)c2cn(CCN)cn2)cc1. The van der Waals surface area contributed by atoms with Gasteiger partial charge in [0.1, 0.15) is 5.69 Å². The maximum absolute atomic E-state index is 12.0. The predicted molar refractivity (Wildman–Crippen MR) is 79.8 cm³/mol. The number of imidazole rings is 1. The highest BCUT2D eigenvalue weighted by molar-refractivity contribution is 6.02. The molecule has 5 nitrogen and oxygen atoms in total. The van der Waals surface area contributed by atoms with E-state index >= 15 is 0 Å². The van der Waals surface area contributed by atoms with Crippen molar-refractivity contribution in [1.29, 1.82) is 0 Å². The van der Waals surface area contributed by atoms with E-state index in [-0.39, 0.29) is 5.91 Å². The summed E-state index contributed by atoms with van der Waals surface area (Å²) in [6, 6.07) is 7.86. The zero-order valence-electron chi connectivity index (χ0n) is 11.8. The molecule has 1 aromatic heterocycles. The molecule has 0 aliphatic heterocycles. The lowest BCUT2D eigenvalue weighted by Crippen LogP contribution is -2.12. The topological polar surface area (TPSA) is 72.9 Å². The van der Waals surface area contributed by atoms with Gasteiger partial charge in [0, 0.05) is 25.0 Å². The van der Waals surface area contributed by atoms with Gasteiger partial charge in [0.25, 0.3) is 5.91 Å². The largest absolute Gasteiger partial charge is 0.335 e. The van der Waals surface area contributed by atoms with Crippen LogP contribution in [-0.4, -0.2) is 22.0 Å². The molecule has 20 heavy (non-hydrogen) atoms. The van der Waals surface area contributed by atoms with E-state index in [1.165, 1.54) is 5.56 Å². The highest BCUT2D eigenvalue weighted by atomic mass is 16.1. The first kappa shape index (κ1) is 14.3. The maximum Gasteiger partial charge on any atom is 0.275 e. The molecule has 5 heteroatoms. The molecule has 0 spiro atoms. The Morgan fingerprint density at radius 2 is 2.05 bits per heavy atom. The Balaban J connectivity index is 2.03. The van der Waals surface area contributed by atoms with E-state index in [1.54, 1.807) is 17.1 Å². The van der Waals surface area contributed by atoms with Gasteiger partial charge in [0.15, 0.2) is 0 Å². The molecule has 1 amide bonds. The van der Waals surface area contributed by atoms with E-state index in [1.807, 2.05) is 24.3 Å². The van der Waals surface area contributed by atoms with Crippen LogP contribution in [0.1, 0.15) is 35.8 Å². The van der Waals surface area contributed by atoms with Gasteiger partial charge in [-0.3, -0.25) is 4.79 Å². The lowest BCUT2D eigenvalue weighted by atomic mass is 10.0. The summed E-state index contributed by atoms with van der Waals surface area (Å²) in [5, 5.41) is 2.83. The fraction of sp³-hybridized carbons (Fsp3) is 0.333. The summed E-state index contributed by atoms with van der Waals surface area (Å²) >= 11 is 0. The minimum atomic E-state index is -0.210. The van der Waals surface area contributed by atoms with Gasteiger partial charge >= 0.3 is 0 Å². The predicted octanol–water partition coefficient (Wildman–Crippen LogP) is 2.22. The molecule has 0 radical (unpaired) electrons. The van der Waals surface area contributed by atoms with E-state index in [0.29, 0.717) is 24.7 Å². The van der Waals surface area contributed by atoms with Crippen LogP contribution in [-0.2, 0) is 6.54 Å². The van der Waals surface area contributed by atoms with Gasteiger partial charge in [-0.05, 0) is 23.6 Å². The summed E-state index contributed by atoms with van der Waals surface area (Å²) in [5.74, 6) is 0.268. The Bertz CT molecular complexity index is 572. The van der Waals surface area contributed by atoms with E-state index in [9.17, 15) is 4.79 Å². The van der Waals surface area contributed by atoms with Gasteiger partial charge in [-0.25, -0.2) is 4.98 Å². The molecular formula is C15H20N4O. The average molecular weight is 272 g/mol.